The van der Waals surface area contributed by atoms with Gasteiger partial charge in [-0.25, -0.2) is 4.39 Å². The summed E-state index contributed by atoms with van der Waals surface area (Å²) in [5.41, 5.74) is 5.31. The number of carbonyl (C=O) groups is 1. The molecule has 100 valence electrons. The molecule has 0 spiro atoms. The summed E-state index contributed by atoms with van der Waals surface area (Å²) >= 11 is 0. The molecule has 0 atom stereocenters. The molecule has 0 fully saturated rings. The fraction of sp³-hybridized carbons (Fsp3) is 0.462. The van der Waals surface area contributed by atoms with Gasteiger partial charge in [0.2, 0.25) is 5.91 Å². The van der Waals surface area contributed by atoms with E-state index in [1.807, 2.05) is 0 Å². The van der Waals surface area contributed by atoms with E-state index in [2.05, 4.69) is 0 Å². The molecule has 0 saturated heterocycles. The van der Waals surface area contributed by atoms with Gasteiger partial charge in [0.05, 0.1) is 6.61 Å². The van der Waals surface area contributed by atoms with Crippen LogP contribution < -0.4 is 10.5 Å². The van der Waals surface area contributed by atoms with Crippen molar-refractivity contribution in [2.24, 2.45) is 5.73 Å². The van der Waals surface area contributed by atoms with Crippen LogP contribution in [0.15, 0.2) is 24.3 Å². The molecule has 18 heavy (non-hydrogen) atoms. The molecule has 0 saturated carbocycles. The van der Waals surface area contributed by atoms with Gasteiger partial charge in [-0.05, 0) is 30.7 Å². The molecule has 0 aromatic heterocycles. The summed E-state index contributed by atoms with van der Waals surface area (Å²) in [7, 11) is 1.75. The van der Waals surface area contributed by atoms with Crippen molar-refractivity contribution in [3.05, 3.63) is 30.1 Å². The second-order valence-electron chi connectivity index (χ2n) is 4.01. The molecule has 0 aliphatic heterocycles. The first-order valence-corrected chi connectivity index (χ1v) is 5.96. The van der Waals surface area contributed by atoms with Gasteiger partial charge in [0, 0.05) is 26.6 Å². The number of hydrogen-bond donors (Lipinski definition) is 1. The van der Waals surface area contributed by atoms with Gasteiger partial charge in [0.1, 0.15) is 11.6 Å². The van der Waals surface area contributed by atoms with Gasteiger partial charge in [0.15, 0.2) is 0 Å². The van der Waals surface area contributed by atoms with Crippen LogP contribution in [0.2, 0.25) is 0 Å². The SMILES string of the molecule is CN(CCCOc1ccc(F)cc1)C(=O)CCN. The molecule has 0 radical (unpaired) electrons. The van der Waals surface area contributed by atoms with Crippen LogP contribution in [0.1, 0.15) is 12.8 Å². The summed E-state index contributed by atoms with van der Waals surface area (Å²) in [5, 5.41) is 0. The number of benzene rings is 1. The fourth-order valence-corrected chi connectivity index (χ4v) is 1.46. The molecular formula is C13H19FN2O2. The van der Waals surface area contributed by atoms with E-state index in [1.54, 1.807) is 24.1 Å². The minimum atomic E-state index is -0.283. The first kappa shape index (κ1) is 14.4. The first-order chi connectivity index (χ1) is 8.63. The molecule has 2 N–H and O–H groups in total. The largest absolute Gasteiger partial charge is 0.494 e. The zero-order valence-corrected chi connectivity index (χ0v) is 10.6. The molecule has 5 heteroatoms. The van der Waals surface area contributed by atoms with E-state index in [1.165, 1.54) is 12.1 Å². The van der Waals surface area contributed by atoms with Crippen LogP contribution in [0.25, 0.3) is 0 Å². The first-order valence-electron chi connectivity index (χ1n) is 5.96. The van der Waals surface area contributed by atoms with Crippen molar-refractivity contribution >= 4 is 5.91 Å². The van der Waals surface area contributed by atoms with E-state index >= 15 is 0 Å². The van der Waals surface area contributed by atoms with Gasteiger partial charge in [-0.1, -0.05) is 0 Å². The standard InChI is InChI=1S/C13H19FN2O2/c1-16(13(17)7-8-15)9-2-10-18-12-5-3-11(14)4-6-12/h3-6H,2,7-10,15H2,1H3. The Labute approximate surface area is 107 Å². The van der Waals surface area contributed by atoms with Crippen molar-refractivity contribution in [3.8, 4) is 5.75 Å². The maximum atomic E-state index is 12.6. The average Bonchev–Trinajstić information content (AvgIpc) is 2.36. The van der Waals surface area contributed by atoms with Crippen molar-refractivity contribution in [2.75, 3.05) is 26.7 Å². The van der Waals surface area contributed by atoms with Gasteiger partial charge >= 0.3 is 0 Å². The van der Waals surface area contributed by atoms with E-state index in [0.717, 1.165) is 6.42 Å². The fourth-order valence-electron chi connectivity index (χ4n) is 1.46. The Balaban J connectivity index is 2.18. The molecule has 1 aromatic carbocycles. The highest BCUT2D eigenvalue weighted by Gasteiger charge is 2.06. The van der Waals surface area contributed by atoms with Crippen molar-refractivity contribution in [3.63, 3.8) is 0 Å². The predicted molar refractivity (Wildman–Crippen MR) is 67.8 cm³/mol. The Morgan fingerprint density at radius 2 is 2.06 bits per heavy atom. The van der Waals surface area contributed by atoms with Crippen molar-refractivity contribution in [1.29, 1.82) is 0 Å². The number of nitrogens with two attached hydrogens (primary N) is 1. The summed E-state index contributed by atoms with van der Waals surface area (Å²) in [5.74, 6) is 0.390. The number of nitrogens with zero attached hydrogens (tertiary/aromatic N) is 1. The van der Waals surface area contributed by atoms with Crippen LogP contribution in [0.5, 0.6) is 5.75 Å². The second kappa shape index (κ2) is 7.66. The molecule has 0 bridgehead atoms. The summed E-state index contributed by atoms with van der Waals surface area (Å²) < 4.78 is 18.1. The molecular weight excluding hydrogens is 235 g/mol. The number of ether oxygens (including phenoxy) is 1. The molecule has 0 unspecified atom stereocenters. The highest BCUT2D eigenvalue weighted by atomic mass is 19.1. The van der Waals surface area contributed by atoms with E-state index in [0.29, 0.717) is 31.9 Å². The van der Waals surface area contributed by atoms with Crippen LogP contribution in [0.4, 0.5) is 4.39 Å². The number of hydrogen-bond acceptors (Lipinski definition) is 3. The summed E-state index contributed by atoms with van der Waals surface area (Å²) in [6.07, 6.45) is 1.10. The lowest BCUT2D eigenvalue weighted by Crippen LogP contribution is -2.30. The van der Waals surface area contributed by atoms with Gasteiger partial charge in [-0.15, -0.1) is 0 Å². The van der Waals surface area contributed by atoms with Crippen molar-refractivity contribution in [2.45, 2.75) is 12.8 Å². The van der Waals surface area contributed by atoms with Gasteiger partial charge in [0.25, 0.3) is 0 Å². The second-order valence-corrected chi connectivity index (χ2v) is 4.01. The van der Waals surface area contributed by atoms with E-state index < -0.39 is 0 Å². The van der Waals surface area contributed by atoms with Crippen molar-refractivity contribution < 1.29 is 13.9 Å². The van der Waals surface area contributed by atoms with Crippen LogP contribution in [-0.2, 0) is 4.79 Å². The molecule has 1 amide bonds. The van der Waals surface area contributed by atoms with Gasteiger partial charge in [-0.3, -0.25) is 4.79 Å². The Bertz CT molecular complexity index is 368. The number of amides is 1. The molecule has 1 rings (SSSR count). The van der Waals surface area contributed by atoms with Crippen LogP contribution in [0.3, 0.4) is 0 Å². The third-order valence-electron chi connectivity index (χ3n) is 2.50. The third-order valence-corrected chi connectivity index (χ3v) is 2.50. The maximum absolute atomic E-state index is 12.6. The molecule has 0 aliphatic rings. The maximum Gasteiger partial charge on any atom is 0.223 e. The van der Waals surface area contributed by atoms with E-state index in [9.17, 15) is 9.18 Å². The molecule has 0 heterocycles. The van der Waals surface area contributed by atoms with Crippen LogP contribution in [0, 0.1) is 5.82 Å². The zero-order valence-electron chi connectivity index (χ0n) is 10.6. The average molecular weight is 254 g/mol. The lowest BCUT2D eigenvalue weighted by molar-refractivity contribution is -0.129. The lowest BCUT2D eigenvalue weighted by atomic mass is 10.3. The predicted octanol–water partition coefficient (Wildman–Crippen LogP) is 1.40. The number of carbonyl (C=O) groups excluding carboxylic acids is 1. The highest BCUT2D eigenvalue weighted by Crippen LogP contribution is 2.11. The summed E-state index contributed by atoms with van der Waals surface area (Å²) in [4.78, 5) is 13.0. The number of halogens is 1. The quantitative estimate of drug-likeness (QED) is 0.748. The van der Waals surface area contributed by atoms with E-state index in [4.69, 9.17) is 10.5 Å². The minimum Gasteiger partial charge on any atom is -0.494 e. The minimum absolute atomic E-state index is 0.0410. The Hall–Kier alpha value is -1.62. The van der Waals surface area contributed by atoms with E-state index in [-0.39, 0.29) is 11.7 Å². The molecule has 4 nitrogen and oxygen atoms in total. The third kappa shape index (κ3) is 5.14. The van der Waals surface area contributed by atoms with Crippen LogP contribution >= 0.6 is 0 Å². The summed E-state index contributed by atoms with van der Waals surface area (Å²) in [6, 6.07) is 5.87. The molecule has 0 aliphatic carbocycles. The normalized spacial score (nSPS) is 10.2. The smallest absolute Gasteiger partial charge is 0.223 e. The highest BCUT2D eigenvalue weighted by molar-refractivity contribution is 5.75. The topological polar surface area (TPSA) is 55.6 Å². The van der Waals surface area contributed by atoms with Crippen molar-refractivity contribution in [1.82, 2.24) is 4.90 Å². The Morgan fingerprint density at radius 3 is 2.67 bits per heavy atom. The number of rotatable bonds is 7. The van der Waals surface area contributed by atoms with Crippen LogP contribution in [-0.4, -0.2) is 37.6 Å². The lowest BCUT2D eigenvalue weighted by Gasteiger charge is -2.16. The zero-order chi connectivity index (χ0) is 13.4. The van der Waals surface area contributed by atoms with Gasteiger partial charge < -0.3 is 15.4 Å². The van der Waals surface area contributed by atoms with Gasteiger partial charge in [-0.2, -0.15) is 0 Å². The Morgan fingerprint density at radius 1 is 1.39 bits per heavy atom. The summed E-state index contributed by atoms with van der Waals surface area (Å²) in [6.45, 7) is 1.49. The Kier molecular flexibility index (Phi) is 6.14. The molecule has 1 aromatic rings. The monoisotopic (exact) mass is 254 g/mol.